The van der Waals surface area contributed by atoms with Crippen LogP contribution in [-0.2, 0) is 16.1 Å². The lowest BCUT2D eigenvalue weighted by atomic mass is 9.99. The van der Waals surface area contributed by atoms with E-state index in [9.17, 15) is 0 Å². The van der Waals surface area contributed by atoms with Gasteiger partial charge in [0.05, 0.1) is 10.7 Å². The summed E-state index contributed by atoms with van der Waals surface area (Å²) in [5, 5.41) is 5.23. The third kappa shape index (κ3) is 3.10. The van der Waals surface area contributed by atoms with Crippen molar-refractivity contribution in [2.24, 2.45) is 0 Å². The Morgan fingerprint density at radius 3 is 2.81 bits per heavy atom. The molecule has 2 heterocycles. The third-order valence-electron chi connectivity index (χ3n) is 3.62. The van der Waals surface area contributed by atoms with Crippen molar-refractivity contribution in [2.75, 3.05) is 20.3 Å². The van der Waals surface area contributed by atoms with Gasteiger partial charge in [0.2, 0.25) is 0 Å². The van der Waals surface area contributed by atoms with Crippen LogP contribution in [0.1, 0.15) is 30.4 Å². The monoisotopic (exact) mass is 307 g/mol. The van der Waals surface area contributed by atoms with Crippen LogP contribution in [0.4, 0.5) is 0 Å². The fourth-order valence-corrected chi connectivity index (χ4v) is 2.80. The van der Waals surface area contributed by atoms with E-state index in [1.54, 1.807) is 7.11 Å². The third-order valence-corrected chi connectivity index (χ3v) is 3.94. The van der Waals surface area contributed by atoms with Crippen LogP contribution in [0, 0.1) is 0 Å². The first kappa shape index (κ1) is 14.5. The quantitative estimate of drug-likeness (QED) is 0.871. The predicted octanol–water partition coefficient (Wildman–Crippen LogP) is 2.96. The van der Waals surface area contributed by atoms with Crippen molar-refractivity contribution in [2.45, 2.75) is 25.4 Å². The summed E-state index contributed by atoms with van der Waals surface area (Å²) in [6.07, 6.45) is 1.91. The van der Waals surface area contributed by atoms with Gasteiger partial charge < -0.3 is 9.47 Å². The number of ether oxygens (including phenoxy) is 2. The van der Waals surface area contributed by atoms with Crippen molar-refractivity contribution in [1.29, 1.82) is 0 Å². The molecule has 0 bridgehead atoms. The topological polar surface area (TPSA) is 49.2 Å². The summed E-state index contributed by atoms with van der Waals surface area (Å²) in [5.74, 6) is 1.96. The van der Waals surface area contributed by atoms with Crippen molar-refractivity contribution in [1.82, 2.24) is 14.8 Å². The summed E-state index contributed by atoms with van der Waals surface area (Å²) in [6, 6.07) is 7.68. The Hall–Kier alpha value is -1.43. The normalized spacial score (nSPS) is 16.3. The van der Waals surface area contributed by atoms with E-state index in [2.05, 4.69) is 10.1 Å². The van der Waals surface area contributed by atoms with Gasteiger partial charge in [0.15, 0.2) is 5.82 Å². The highest BCUT2D eigenvalue weighted by atomic mass is 35.5. The minimum atomic E-state index is 0.341. The number of nitrogens with zero attached hydrogens (tertiary/aromatic N) is 3. The first-order valence-electron chi connectivity index (χ1n) is 7.07. The zero-order valence-electron chi connectivity index (χ0n) is 12.0. The number of hydrogen-bond donors (Lipinski definition) is 0. The summed E-state index contributed by atoms with van der Waals surface area (Å²) in [5.41, 5.74) is 0.857. The Kier molecular flexibility index (Phi) is 4.53. The molecule has 0 aliphatic carbocycles. The van der Waals surface area contributed by atoms with Crippen LogP contribution in [0.15, 0.2) is 24.3 Å². The molecule has 5 nitrogen and oxygen atoms in total. The largest absolute Gasteiger partial charge is 0.381 e. The number of para-hydroxylation sites is 1. The Balaban J connectivity index is 2.02. The molecular formula is C15H18ClN3O2. The molecule has 0 saturated carbocycles. The number of benzene rings is 1. The molecule has 2 aromatic rings. The van der Waals surface area contributed by atoms with Gasteiger partial charge in [0.25, 0.3) is 0 Å². The highest BCUT2D eigenvalue weighted by Crippen LogP contribution is 2.29. The Labute approximate surface area is 128 Å². The van der Waals surface area contributed by atoms with Crippen LogP contribution in [0.2, 0.25) is 5.02 Å². The molecule has 0 spiro atoms. The van der Waals surface area contributed by atoms with Crippen LogP contribution in [-0.4, -0.2) is 35.1 Å². The van der Waals surface area contributed by atoms with E-state index in [0.29, 0.717) is 23.4 Å². The number of aromatic nitrogens is 3. The molecule has 0 atom stereocenters. The van der Waals surface area contributed by atoms with Crippen molar-refractivity contribution < 1.29 is 9.47 Å². The van der Waals surface area contributed by atoms with Gasteiger partial charge in [-0.05, 0) is 25.0 Å². The van der Waals surface area contributed by atoms with Gasteiger partial charge in [0.1, 0.15) is 12.4 Å². The average molecular weight is 308 g/mol. The summed E-state index contributed by atoms with van der Waals surface area (Å²) >= 11 is 6.31. The van der Waals surface area contributed by atoms with Gasteiger partial charge in [0, 0.05) is 26.2 Å². The van der Waals surface area contributed by atoms with E-state index in [1.807, 2.05) is 28.9 Å². The second kappa shape index (κ2) is 6.56. The number of halogens is 1. The Morgan fingerprint density at radius 2 is 2.10 bits per heavy atom. The lowest BCUT2D eigenvalue weighted by molar-refractivity contribution is 0.0831. The standard InChI is InChI=1S/C15H18ClN3O2/c1-20-10-14-17-15(11-6-8-21-9-7-11)19(18-14)13-5-3-2-4-12(13)16/h2-5,11H,6-10H2,1H3. The second-order valence-electron chi connectivity index (χ2n) is 5.07. The first-order chi connectivity index (χ1) is 10.3. The van der Waals surface area contributed by atoms with Crippen molar-refractivity contribution in [3.8, 4) is 5.69 Å². The van der Waals surface area contributed by atoms with Crippen LogP contribution < -0.4 is 0 Å². The molecule has 1 aliphatic heterocycles. The predicted molar refractivity (Wildman–Crippen MR) is 79.9 cm³/mol. The van der Waals surface area contributed by atoms with Gasteiger partial charge >= 0.3 is 0 Å². The number of methoxy groups -OCH3 is 1. The van der Waals surface area contributed by atoms with E-state index in [-0.39, 0.29) is 0 Å². The molecule has 21 heavy (non-hydrogen) atoms. The van der Waals surface area contributed by atoms with Gasteiger partial charge in [-0.25, -0.2) is 9.67 Å². The fourth-order valence-electron chi connectivity index (χ4n) is 2.58. The van der Waals surface area contributed by atoms with Crippen LogP contribution >= 0.6 is 11.6 Å². The van der Waals surface area contributed by atoms with Gasteiger partial charge in [-0.2, -0.15) is 0 Å². The molecule has 1 aromatic heterocycles. The molecule has 0 radical (unpaired) electrons. The van der Waals surface area contributed by atoms with E-state index in [1.165, 1.54) is 0 Å². The van der Waals surface area contributed by atoms with E-state index in [4.69, 9.17) is 21.1 Å². The van der Waals surface area contributed by atoms with Crippen molar-refractivity contribution >= 4 is 11.6 Å². The van der Waals surface area contributed by atoms with E-state index >= 15 is 0 Å². The van der Waals surface area contributed by atoms with Crippen LogP contribution in [0.3, 0.4) is 0 Å². The molecule has 1 aliphatic rings. The molecule has 6 heteroatoms. The maximum Gasteiger partial charge on any atom is 0.176 e. The van der Waals surface area contributed by atoms with Crippen LogP contribution in [0.25, 0.3) is 5.69 Å². The zero-order chi connectivity index (χ0) is 14.7. The highest BCUT2D eigenvalue weighted by Gasteiger charge is 2.24. The molecule has 0 N–H and O–H groups in total. The molecular weight excluding hydrogens is 290 g/mol. The van der Waals surface area contributed by atoms with Crippen molar-refractivity contribution in [3.63, 3.8) is 0 Å². The summed E-state index contributed by atoms with van der Waals surface area (Å²) in [7, 11) is 1.64. The maximum absolute atomic E-state index is 6.31. The molecule has 112 valence electrons. The molecule has 1 fully saturated rings. The summed E-state index contributed by atoms with van der Waals surface area (Å²) < 4.78 is 12.4. The summed E-state index contributed by atoms with van der Waals surface area (Å²) in [6.45, 7) is 1.92. The fraction of sp³-hybridized carbons (Fsp3) is 0.467. The lowest BCUT2D eigenvalue weighted by Crippen LogP contribution is -2.18. The second-order valence-corrected chi connectivity index (χ2v) is 5.48. The first-order valence-corrected chi connectivity index (χ1v) is 7.45. The van der Waals surface area contributed by atoms with Gasteiger partial charge in [-0.3, -0.25) is 0 Å². The number of hydrogen-bond acceptors (Lipinski definition) is 4. The van der Waals surface area contributed by atoms with E-state index in [0.717, 1.165) is 37.6 Å². The van der Waals surface area contributed by atoms with Gasteiger partial charge in [-0.1, -0.05) is 23.7 Å². The molecule has 1 saturated heterocycles. The maximum atomic E-state index is 6.31. The minimum absolute atomic E-state index is 0.341. The average Bonchev–Trinajstić information content (AvgIpc) is 2.93. The van der Waals surface area contributed by atoms with Crippen LogP contribution in [0.5, 0.6) is 0 Å². The molecule has 0 unspecified atom stereocenters. The zero-order valence-corrected chi connectivity index (χ0v) is 12.7. The molecule has 3 rings (SSSR count). The molecule has 1 aromatic carbocycles. The van der Waals surface area contributed by atoms with Gasteiger partial charge in [-0.15, -0.1) is 5.10 Å². The van der Waals surface area contributed by atoms with Crippen molar-refractivity contribution in [3.05, 3.63) is 40.9 Å². The molecule has 0 amide bonds. The Bertz CT molecular complexity index is 609. The smallest absolute Gasteiger partial charge is 0.176 e. The SMILES string of the molecule is COCc1nc(C2CCOCC2)n(-c2ccccc2Cl)n1. The summed E-state index contributed by atoms with van der Waals surface area (Å²) in [4.78, 5) is 4.65. The Morgan fingerprint density at radius 1 is 1.33 bits per heavy atom. The lowest BCUT2D eigenvalue weighted by Gasteiger charge is -2.21. The number of rotatable bonds is 4. The van der Waals surface area contributed by atoms with E-state index < -0.39 is 0 Å². The highest BCUT2D eigenvalue weighted by molar-refractivity contribution is 6.32. The minimum Gasteiger partial charge on any atom is -0.381 e.